The molecule has 0 amide bonds. The monoisotopic (exact) mass is 208 g/mol. The number of Topliss-reactive ketones (excluding diaryl/α,β-unsaturated/α-hetero) is 1. The summed E-state index contributed by atoms with van der Waals surface area (Å²) in [7, 11) is 0. The van der Waals surface area contributed by atoms with E-state index in [1.165, 1.54) is 0 Å². The minimum absolute atomic E-state index is 0.254. The van der Waals surface area contributed by atoms with E-state index in [1.807, 2.05) is 6.92 Å². The lowest BCUT2D eigenvalue weighted by atomic mass is 9.93. The molecule has 0 aromatic rings. The van der Waals surface area contributed by atoms with Gasteiger partial charge < -0.3 is 4.74 Å². The first-order valence-electron chi connectivity index (χ1n) is 5.82. The summed E-state index contributed by atoms with van der Waals surface area (Å²) < 4.78 is 5.69. The van der Waals surface area contributed by atoms with Crippen LogP contribution in [0.15, 0.2) is 0 Å². The first-order valence-corrected chi connectivity index (χ1v) is 5.82. The van der Waals surface area contributed by atoms with Gasteiger partial charge in [0, 0.05) is 19.4 Å². The van der Waals surface area contributed by atoms with Gasteiger partial charge in [-0.1, -0.05) is 0 Å². The van der Waals surface area contributed by atoms with Crippen molar-refractivity contribution in [2.24, 2.45) is 0 Å². The Hall–Kier alpha value is -0.810. The van der Waals surface area contributed by atoms with Gasteiger partial charge in [-0.15, -0.1) is 11.8 Å². The lowest BCUT2D eigenvalue weighted by Gasteiger charge is -2.26. The largest absolute Gasteiger partial charge is 0.368 e. The Labute approximate surface area is 92.4 Å². The minimum atomic E-state index is -0.454. The lowest BCUT2D eigenvalue weighted by Crippen LogP contribution is -2.38. The number of hydrogen-bond acceptors (Lipinski definition) is 2. The Morgan fingerprint density at radius 1 is 1.40 bits per heavy atom. The molecular weight excluding hydrogens is 188 g/mol. The van der Waals surface area contributed by atoms with Crippen molar-refractivity contribution in [3.8, 4) is 11.8 Å². The van der Waals surface area contributed by atoms with Gasteiger partial charge in [0.05, 0.1) is 0 Å². The molecule has 2 heteroatoms. The molecule has 1 aliphatic carbocycles. The SMILES string of the molecule is CC#CCCC(=O)C1(OCC)CCCC1. The third kappa shape index (κ3) is 3.07. The van der Waals surface area contributed by atoms with Gasteiger partial charge in [-0.25, -0.2) is 0 Å². The van der Waals surface area contributed by atoms with Crippen LogP contribution >= 0.6 is 0 Å². The highest BCUT2D eigenvalue weighted by molar-refractivity contribution is 5.87. The van der Waals surface area contributed by atoms with E-state index in [9.17, 15) is 4.79 Å². The van der Waals surface area contributed by atoms with Crippen molar-refractivity contribution in [1.29, 1.82) is 0 Å². The fraction of sp³-hybridized carbons (Fsp3) is 0.769. The summed E-state index contributed by atoms with van der Waals surface area (Å²) in [6.07, 6.45) is 5.25. The first kappa shape index (κ1) is 12.3. The van der Waals surface area contributed by atoms with Crippen LogP contribution in [0, 0.1) is 11.8 Å². The predicted molar refractivity (Wildman–Crippen MR) is 60.5 cm³/mol. The fourth-order valence-electron chi connectivity index (χ4n) is 2.25. The molecule has 0 aliphatic heterocycles. The second kappa shape index (κ2) is 5.92. The van der Waals surface area contributed by atoms with Crippen molar-refractivity contribution >= 4 is 5.78 Å². The quantitative estimate of drug-likeness (QED) is 0.649. The molecule has 1 rings (SSSR count). The molecule has 0 aromatic carbocycles. The van der Waals surface area contributed by atoms with Crippen molar-refractivity contribution in [2.45, 2.75) is 58.0 Å². The number of carbonyl (C=O) groups excluding carboxylic acids is 1. The van der Waals surface area contributed by atoms with Gasteiger partial charge in [-0.2, -0.15) is 0 Å². The van der Waals surface area contributed by atoms with Crippen LogP contribution < -0.4 is 0 Å². The van der Waals surface area contributed by atoms with Crippen LogP contribution in [0.25, 0.3) is 0 Å². The molecule has 0 radical (unpaired) electrons. The van der Waals surface area contributed by atoms with E-state index in [-0.39, 0.29) is 5.78 Å². The molecular formula is C13H20O2. The van der Waals surface area contributed by atoms with Gasteiger partial charge in [-0.05, 0) is 39.5 Å². The number of carbonyl (C=O) groups is 1. The molecule has 2 nitrogen and oxygen atoms in total. The smallest absolute Gasteiger partial charge is 0.165 e. The zero-order valence-corrected chi connectivity index (χ0v) is 9.77. The van der Waals surface area contributed by atoms with Crippen molar-refractivity contribution in [1.82, 2.24) is 0 Å². The molecule has 0 saturated heterocycles. The third-order valence-corrected chi connectivity index (χ3v) is 2.99. The highest BCUT2D eigenvalue weighted by Crippen LogP contribution is 2.35. The zero-order valence-electron chi connectivity index (χ0n) is 9.77. The van der Waals surface area contributed by atoms with Crippen LogP contribution in [-0.2, 0) is 9.53 Å². The molecule has 0 atom stereocenters. The van der Waals surface area contributed by atoms with Crippen molar-refractivity contribution < 1.29 is 9.53 Å². The second-order valence-corrected chi connectivity index (χ2v) is 3.98. The summed E-state index contributed by atoms with van der Waals surface area (Å²) in [5.41, 5.74) is -0.454. The highest BCUT2D eigenvalue weighted by atomic mass is 16.5. The number of ether oxygens (including phenoxy) is 1. The number of rotatable bonds is 5. The minimum Gasteiger partial charge on any atom is -0.368 e. The standard InChI is InChI=1S/C13H20O2/c1-3-5-6-9-12(14)13(15-4-2)10-7-8-11-13/h4,6-11H2,1-2H3. The summed E-state index contributed by atoms with van der Waals surface area (Å²) in [4.78, 5) is 12.0. The number of hydrogen-bond donors (Lipinski definition) is 0. The van der Waals surface area contributed by atoms with Crippen LogP contribution in [0.4, 0.5) is 0 Å². The topological polar surface area (TPSA) is 26.3 Å². The average Bonchev–Trinajstić information content (AvgIpc) is 2.68. The Bertz CT molecular complexity index is 264. The molecule has 0 aromatic heterocycles. The molecule has 15 heavy (non-hydrogen) atoms. The highest BCUT2D eigenvalue weighted by Gasteiger charge is 2.40. The molecule has 0 heterocycles. The Morgan fingerprint density at radius 2 is 2.07 bits per heavy atom. The fourth-order valence-corrected chi connectivity index (χ4v) is 2.25. The molecule has 0 unspecified atom stereocenters. The first-order chi connectivity index (χ1) is 7.25. The van der Waals surface area contributed by atoms with E-state index < -0.39 is 5.60 Å². The lowest BCUT2D eigenvalue weighted by molar-refractivity contribution is -0.143. The van der Waals surface area contributed by atoms with Crippen LogP contribution in [0.3, 0.4) is 0 Å². The summed E-state index contributed by atoms with van der Waals surface area (Å²) in [5, 5.41) is 0. The van der Waals surface area contributed by atoms with E-state index >= 15 is 0 Å². The van der Waals surface area contributed by atoms with Crippen LogP contribution in [0.5, 0.6) is 0 Å². The summed E-state index contributed by atoms with van der Waals surface area (Å²) in [6.45, 7) is 4.39. The van der Waals surface area contributed by atoms with E-state index in [4.69, 9.17) is 4.74 Å². The zero-order chi connectivity index (χ0) is 11.1. The third-order valence-electron chi connectivity index (χ3n) is 2.99. The van der Waals surface area contributed by atoms with E-state index in [2.05, 4.69) is 11.8 Å². The maximum atomic E-state index is 12.0. The van der Waals surface area contributed by atoms with Crippen molar-refractivity contribution in [2.75, 3.05) is 6.61 Å². The number of ketones is 1. The molecule has 0 spiro atoms. The van der Waals surface area contributed by atoms with Crippen molar-refractivity contribution in [3.63, 3.8) is 0 Å². The molecule has 1 saturated carbocycles. The summed E-state index contributed by atoms with van der Waals surface area (Å²) in [5.74, 6) is 6.00. The van der Waals surface area contributed by atoms with Crippen LogP contribution in [0.1, 0.15) is 52.4 Å². The van der Waals surface area contributed by atoms with E-state index in [0.29, 0.717) is 19.4 Å². The maximum Gasteiger partial charge on any atom is 0.165 e. The Kier molecular flexibility index (Phi) is 4.84. The average molecular weight is 208 g/mol. The van der Waals surface area contributed by atoms with Gasteiger partial charge >= 0.3 is 0 Å². The molecule has 0 bridgehead atoms. The van der Waals surface area contributed by atoms with E-state index in [1.54, 1.807) is 6.92 Å². The van der Waals surface area contributed by atoms with Gasteiger partial charge in [0.15, 0.2) is 5.78 Å². The summed E-state index contributed by atoms with van der Waals surface area (Å²) in [6, 6.07) is 0. The van der Waals surface area contributed by atoms with Gasteiger partial charge in [0.1, 0.15) is 5.60 Å². The van der Waals surface area contributed by atoms with Gasteiger partial charge in [0.2, 0.25) is 0 Å². The second-order valence-electron chi connectivity index (χ2n) is 3.98. The van der Waals surface area contributed by atoms with E-state index in [0.717, 1.165) is 25.7 Å². The van der Waals surface area contributed by atoms with Gasteiger partial charge in [0.25, 0.3) is 0 Å². The normalized spacial score (nSPS) is 18.3. The predicted octanol–water partition coefficient (Wildman–Crippen LogP) is 2.71. The van der Waals surface area contributed by atoms with Crippen LogP contribution in [0.2, 0.25) is 0 Å². The molecule has 1 fully saturated rings. The maximum absolute atomic E-state index is 12.0. The summed E-state index contributed by atoms with van der Waals surface area (Å²) >= 11 is 0. The van der Waals surface area contributed by atoms with Crippen molar-refractivity contribution in [3.05, 3.63) is 0 Å². The Morgan fingerprint density at radius 3 is 2.60 bits per heavy atom. The van der Waals surface area contributed by atoms with Crippen LogP contribution in [-0.4, -0.2) is 18.0 Å². The molecule has 1 aliphatic rings. The molecule has 0 N–H and O–H groups in total. The van der Waals surface area contributed by atoms with Gasteiger partial charge in [-0.3, -0.25) is 4.79 Å². The Balaban J connectivity index is 2.54. The molecule has 84 valence electrons.